The topological polar surface area (TPSA) is 50.4 Å². The molecule has 0 bridgehead atoms. The van der Waals surface area contributed by atoms with E-state index in [1.165, 1.54) is 7.11 Å². The molecule has 4 heteroatoms. The van der Waals surface area contributed by atoms with E-state index in [1.54, 1.807) is 0 Å². The largest absolute Gasteiger partial charge is 0.469 e. The number of carbonyl (C=O) groups is 1. The Morgan fingerprint density at radius 3 is 3.06 bits per heavy atom. The van der Waals surface area contributed by atoms with Crippen molar-refractivity contribution < 1.29 is 9.53 Å². The first kappa shape index (κ1) is 11.5. The van der Waals surface area contributed by atoms with Gasteiger partial charge in [-0.1, -0.05) is 18.2 Å². The molecule has 0 aromatic heterocycles. The molecule has 0 saturated carbocycles. The van der Waals surface area contributed by atoms with Gasteiger partial charge in [-0.2, -0.15) is 0 Å². The van der Waals surface area contributed by atoms with E-state index in [4.69, 9.17) is 4.74 Å². The number of para-hydroxylation sites is 1. The first-order valence-corrected chi connectivity index (χ1v) is 6.45. The van der Waals surface area contributed by atoms with Crippen LogP contribution in [0.1, 0.15) is 17.9 Å². The van der Waals surface area contributed by atoms with Gasteiger partial charge in [0.2, 0.25) is 0 Å². The number of rotatable bonds is 1. The Bertz CT molecular complexity index is 461. The Morgan fingerprint density at radius 2 is 2.22 bits per heavy atom. The van der Waals surface area contributed by atoms with Crippen molar-refractivity contribution >= 4 is 11.7 Å². The standard InChI is InChI=1S/C14H18N2O2/c1-18-14(17)13-9-4-2-3-5-11(9)16-12-6-7-15-8-10(12)13/h2-5,10,12-13,15-16H,6-8H2,1H3. The van der Waals surface area contributed by atoms with Gasteiger partial charge in [-0.25, -0.2) is 0 Å². The van der Waals surface area contributed by atoms with Gasteiger partial charge in [0.1, 0.15) is 0 Å². The first-order valence-electron chi connectivity index (χ1n) is 6.45. The van der Waals surface area contributed by atoms with Crippen LogP contribution in [0, 0.1) is 5.92 Å². The highest BCUT2D eigenvalue weighted by Gasteiger charge is 2.42. The molecule has 1 aromatic rings. The van der Waals surface area contributed by atoms with E-state index in [-0.39, 0.29) is 17.8 Å². The molecule has 18 heavy (non-hydrogen) atoms. The second-order valence-corrected chi connectivity index (χ2v) is 5.00. The number of fused-ring (bicyclic) bond motifs is 2. The molecule has 2 aliphatic heterocycles. The predicted molar refractivity (Wildman–Crippen MR) is 69.6 cm³/mol. The van der Waals surface area contributed by atoms with Gasteiger partial charge in [0, 0.05) is 24.2 Å². The number of benzene rings is 1. The van der Waals surface area contributed by atoms with Gasteiger partial charge in [0.25, 0.3) is 0 Å². The second kappa shape index (κ2) is 4.61. The molecule has 1 aromatic carbocycles. The Labute approximate surface area is 107 Å². The summed E-state index contributed by atoms with van der Waals surface area (Å²) in [4.78, 5) is 12.1. The molecule has 0 radical (unpaired) electrons. The maximum Gasteiger partial charge on any atom is 0.313 e. The second-order valence-electron chi connectivity index (χ2n) is 5.00. The number of methoxy groups -OCH3 is 1. The van der Waals surface area contributed by atoms with E-state index in [0.29, 0.717) is 6.04 Å². The van der Waals surface area contributed by atoms with Gasteiger partial charge in [-0.15, -0.1) is 0 Å². The molecule has 2 N–H and O–H groups in total. The van der Waals surface area contributed by atoms with Crippen molar-refractivity contribution in [1.82, 2.24) is 5.32 Å². The number of anilines is 1. The molecular weight excluding hydrogens is 228 g/mol. The van der Waals surface area contributed by atoms with E-state index in [9.17, 15) is 4.79 Å². The highest BCUT2D eigenvalue weighted by molar-refractivity contribution is 5.82. The quantitative estimate of drug-likeness (QED) is 0.734. The van der Waals surface area contributed by atoms with E-state index in [2.05, 4.69) is 10.6 Å². The number of nitrogens with one attached hydrogen (secondary N) is 2. The van der Waals surface area contributed by atoms with Gasteiger partial charge in [-0.3, -0.25) is 4.79 Å². The fourth-order valence-electron chi connectivity index (χ4n) is 3.17. The summed E-state index contributed by atoms with van der Waals surface area (Å²) >= 11 is 0. The fraction of sp³-hybridized carbons (Fsp3) is 0.500. The molecule has 0 amide bonds. The van der Waals surface area contributed by atoms with Crippen LogP contribution in [0.2, 0.25) is 0 Å². The average molecular weight is 246 g/mol. The molecule has 0 spiro atoms. The Morgan fingerprint density at radius 1 is 1.39 bits per heavy atom. The zero-order chi connectivity index (χ0) is 12.5. The van der Waals surface area contributed by atoms with Crippen molar-refractivity contribution in [3.05, 3.63) is 29.8 Å². The van der Waals surface area contributed by atoms with Crippen molar-refractivity contribution in [1.29, 1.82) is 0 Å². The summed E-state index contributed by atoms with van der Waals surface area (Å²) in [6.45, 7) is 1.87. The summed E-state index contributed by atoms with van der Waals surface area (Å²) in [7, 11) is 1.47. The summed E-state index contributed by atoms with van der Waals surface area (Å²) in [6, 6.07) is 8.41. The molecule has 4 nitrogen and oxygen atoms in total. The molecule has 96 valence electrons. The number of carbonyl (C=O) groups excluding carboxylic acids is 1. The summed E-state index contributed by atoms with van der Waals surface area (Å²) < 4.78 is 5.00. The first-order chi connectivity index (χ1) is 8.81. The SMILES string of the molecule is COC(=O)C1c2ccccc2NC2CCNCC21. The lowest BCUT2D eigenvalue weighted by atomic mass is 9.75. The average Bonchev–Trinajstić information content (AvgIpc) is 2.44. The van der Waals surface area contributed by atoms with Crippen LogP contribution in [0.3, 0.4) is 0 Å². The number of ether oxygens (including phenoxy) is 1. The molecule has 1 fully saturated rings. The lowest BCUT2D eigenvalue weighted by Crippen LogP contribution is -2.50. The highest BCUT2D eigenvalue weighted by atomic mass is 16.5. The summed E-state index contributed by atoms with van der Waals surface area (Å²) in [5, 5.41) is 6.94. The zero-order valence-electron chi connectivity index (χ0n) is 10.5. The Balaban J connectivity index is 2.03. The third-order valence-electron chi connectivity index (χ3n) is 4.05. The van der Waals surface area contributed by atoms with Gasteiger partial charge >= 0.3 is 5.97 Å². The van der Waals surface area contributed by atoms with Crippen LogP contribution in [0.25, 0.3) is 0 Å². The van der Waals surface area contributed by atoms with E-state index in [0.717, 1.165) is 30.8 Å². The van der Waals surface area contributed by atoms with Crippen molar-refractivity contribution in [2.24, 2.45) is 5.92 Å². The Kier molecular flexibility index (Phi) is 2.96. The summed E-state index contributed by atoms with van der Waals surface area (Å²) in [5.74, 6) is 0.00833. The number of hydrogen-bond acceptors (Lipinski definition) is 4. The number of esters is 1. The molecular formula is C14H18N2O2. The fourth-order valence-corrected chi connectivity index (χ4v) is 3.17. The minimum atomic E-state index is -0.148. The van der Waals surface area contributed by atoms with Gasteiger partial charge < -0.3 is 15.4 Å². The molecule has 3 rings (SSSR count). The van der Waals surface area contributed by atoms with Crippen LogP contribution in [0.4, 0.5) is 5.69 Å². The molecule has 0 aliphatic carbocycles. The molecule has 2 heterocycles. The van der Waals surface area contributed by atoms with Crippen LogP contribution in [0.15, 0.2) is 24.3 Å². The molecule has 3 atom stereocenters. The maximum absolute atomic E-state index is 12.1. The molecule has 2 aliphatic rings. The maximum atomic E-state index is 12.1. The van der Waals surface area contributed by atoms with Crippen molar-refractivity contribution in [2.75, 3.05) is 25.5 Å². The van der Waals surface area contributed by atoms with E-state index < -0.39 is 0 Å². The van der Waals surface area contributed by atoms with Crippen LogP contribution in [-0.2, 0) is 9.53 Å². The molecule has 1 saturated heterocycles. The predicted octanol–water partition coefficient (Wildman–Crippen LogP) is 1.35. The van der Waals surface area contributed by atoms with Gasteiger partial charge in [0.15, 0.2) is 0 Å². The van der Waals surface area contributed by atoms with Crippen molar-refractivity contribution in [3.8, 4) is 0 Å². The summed E-state index contributed by atoms with van der Waals surface area (Å²) in [6.07, 6.45) is 1.05. The van der Waals surface area contributed by atoms with Crippen molar-refractivity contribution in [3.63, 3.8) is 0 Å². The third kappa shape index (κ3) is 1.77. The van der Waals surface area contributed by atoms with Crippen LogP contribution < -0.4 is 10.6 Å². The highest BCUT2D eigenvalue weighted by Crippen LogP contribution is 2.40. The van der Waals surface area contributed by atoms with Crippen molar-refractivity contribution in [2.45, 2.75) is 18.4 Å². The number of hydrogen-bond donors (Lipinski definition) is 2. The van der Waals surface area contributed by atoms with Gasteiger partial charge in [-0.05, 0) is 24.6 Å². The normalized spacial score (nSPS) is 29.7. The lowest BCUT2D eigenvalue weighted by Gasteiger charge is -2.42. The number of piperidine rings is 1. The monoisotopic (exact) mass is 246 g/mol. The zero-order valence-corrected chi connectivity index (χ0v) is 10.5. The van der Waals surface area contributed by atoms with Crippen LogP contribution in [-0.4, -0.2) is 32.2 Å². The lowest BCUT2D eigenvalue weighted by molar-refractivity contribution is -0.144. The van der Waals surface area contributed by atoms with Crippen LogP contribution in [0.5, 0.6) is 0 Å². The van der Waals surface area contributed by atoms with E-state index in [1.807, 2.05) is 24.3 Å². The third-order valence-corrected chi connectivity index (χ3v) is 4.05. The van der Waals surface area contributed by atoms with E-state index >= 15 is 0 Å². The van der Waals surface area contributed by atoms with Gasteiger partial charge in [0.05, 0.1) is 13.0 Å². The smallest absolute Gasteiger partial charge is 0.313 e. The minimum absolute atomic E-state index is 0.123. The van der Waals surface area contributed by atoms with Crippen LogP contribution >= 0.6 is 0 Å². The molecule has 3 unspecified atom stereocenters. The summed E-state index contributed by atoms with van der Waals surface area (Å²) in [5.41, 5.74) is 2.14. The minimum Gasteiger partial charge on any atom is -0.469 e. The Hall–Kier alpha value is -1.55.